The van der Waals surface area contributed by atoms with Gasteiger partial charge in [-0.3, -0.25) is 0 Å². The third-order valence-corrected chi connectivity index (χ3v) is 3.26. The van der Waals surface area contributed by atoms with Crippen LogP contribution in [0.15, 0.2) is 30.3 Å². The molecule has 0 heterocycles. The normalized spacial score (nSPS) is 12.4. The Labute approximate surface area is 103 Å². The number of benzene rings is 1. The minimum atomic E-state index is 0.327. The minimum absolute atomic E-state index is 0.327. The van der Waals surface area contributed by atoms with Gasteiger partial charge in [0.05, 0.1) is 6.61 Å². The van der Waals surface area contributed by atoms with E-state index in [0.717, 1.165) is 36.7 Å². The van der Waals surface area contributed by atoms with Gasteiger partial charge in [-0.05, 0) is 43.4 Å². The molecule has 0 spiro atoms. The van der Waals surface area contributed by atoms with Crippen LogP contribution < -0.4 is 10.5 Å². The molecule has 1 rings (SSSR count). The van der Waals surface area contributed by atoms with E-state index in [9.17, 15) is 0 Å². The number of rotatable bonds is 8. The fourth-order valence-corrected chi connectivity index (χ4v) is 2.30. The maximum atomic E-state index is 5.67. The van der Waals surface area contributed by atoms with E-state index in [-0.39, 0.29) is 0 Å². The molecule has 1 unspecified atom stereocenters. The molecule has 0 aliphatic carbocycles. The molecule has 0 radical (unpaired) electrons. The van der Waals surface area contributed by atoms with Crippen LogP contribution in [0.1, 0.15) is 19.8 Å². The zero-order valence-corrected chi connectivity index (χ0v) is 10.7. The Morgan fingerprint density at radius 2 is 2.00 bits per heavy atom. The fourth-order valence-electron chi connectivity index (χ4n) is 1.24. The van der Waals surface area contributed by atoms with Crippen molar-refractivity contribution in [2.75, 3.05) is 18.1 Å². The van der Waals surface area contributed by atoms with Gasteiger partial charge >= 0.3 is 0 Å². The lowest BCUT2D eigenvalue weighted by atomic mass is 10.3. The second-order valence-electron chi connectivity index (χ2n) is 3.89. The molecular weight excluding hydrogens is 218 g/mol. The van der Waals surface area contributed by atoms with Crippen molar-refractivity contribution in [1.82, 2.24) is 0 Å². The Kier molecular flexibility index (Phi) is 7.10. The lowest BCUT2D eigenvalue weighted by molar-refractivity contribution is 0.318. The minimum Gasteiger partial charge on any atom is -0.494 e. The molecular formula is C13H21NOS. The van der Waals surface area contributed by atoms with Crippen molar-refractivity contribution in [3.05, 3.63) is 30.3 Å². The summed E-state index contributed by atoms with van der Waals surface area (Å²) >= 11 is 1.96. The SMILES string of the molecule is CC(N)CCSCCCOc1ccccc1. The molecule has 0 bridgehead atoms. The van der Waals surface area contributed by atoms with E-state index < -0.39 is 0 Å². The van der Waals surface area contributed by atoms with Crippen molar-refractivity contribution in [2.45, 2.75) is 25.8 Å². The Hall–Kier alpha value is -0.670. The molecule has 3 heteroatoms. The monoisotopic (exact) mass is 239 g/mol. The van der Waals surface area contributed by atoms with E-state index in [4.69, 9.17) is 10.5 Å². The van der Waals surface area contributed by atoms with Gasteiger partial charge in [-0.15, -0.1) is 0 Å². The van der Waals surface area contributed by atoms with Gasteiger partial charge < -0.3 is 10.5 Å². The van der Waals surface area contributed by atoms with Gasteiger partial charge in [0.25, 0.3) is 0 Å². The van der Waals surface area contributed by atoms with Gasteiger partial charge in [0.15, 0.2) is 0 Å². The molecule has 2 nitrogen and oxygen atoms in total. The Balaban J connectivity index is 1.93. The van der Waals surface area contributed by atoms with E-state index in [1.807, 2.05) is 42.1 Å². The second kappa shape index (κ2) is 8.48. The van der Waals surface area contributed by atoms with Crippen LogP contribution in [0.5, 0.6) is 5.75 Å². The summed E-state index contributed by atoms with van der Waals surface area (Å²) in [4.78, 5) is 0. The van der Waals surface area contributed by atoms with Crippen LogP contribution >= 0.6 is 11.8 Å². The first-order valence-electron chi connectivity index (χ1n) is 5.80. The highest BCUT2D eigenvalue weighted by Gasteiger charge is 1.95. The fraction of sp³-hybridized carbons (Fsp3) is 0.538. The third kappa shape index (κ3) is 6.75. The van der Waals surface area contributed by atoms with Crippen molar-refractivity contribution in [3.63, 3.8) is 0 Å². The summed E-state index contributed by atoms with van der Waals surface area (Å²) in [7, 11) is 0. The molecule has 90 valence electrons. The largest absolute Gasteiger partial charge is 0.494 e. The highest BCUT2D eigenvalue weighted by atomic mass is 32.2. The van der Waals surface area contributed by atoms with Gasteiger partial charge in [-0.1, -0.05) is 18.2 Å². The number of ether oxygens (including phenoxy) is 1. The summed E-state index contributed by atoms with van der Waals surface area (Å²) in [5.74, 6) is 3.27. The molecule has 0 fully saturated rings. The Morgan fingerprint density at radius 3 is 2.69 bits per heavy atom. The first-order chi connectivity index (χ1) is 7.79. The van der Waals surface area contributed by atoms with Crippen LogP contribution in [0.4, 0.5) is 0 Å². The maximum absolute atomic E-state index is 5.67. The summed E-state index contributed by atoms with van der Waals surface area (Å²) in [5.41, 5.74) is 5.67. The third-order valence-electron chi connectivity index (χ3n) is 2.16. The van der Waals surface area contributed by atoms with Gasteiger partial charge in [0.1, 0.15) is 5.75 Å². The second-order valence-corrected chi connectivity index (χ2v) is 5.12. The zero-order valence-electron chi connectivity index (χ0n) is 9.89. The average molecular weight is 239 g/mol. The van der Waals surface area contributed by atoms with Crippen molar-refractivity contribution in [3.8, 4) is 5.75 Å². The summed E-state index contributed by atoms with van der Waals surface area (Å²) in [5, 5.41) is 0. The van der Waals surface area contributed by atoms with Crippen LogP contribution in [-0.2, 0) is 0 Å². The first-order valence-corrected chi connectivity index (χ1v) is 6.95. The quantitative estimate of drug-likeness (QED) is 0.708. The Bertz CT molecular complexity index is 264. The van der Waals surface area contributed by atoms with Crippen molar-refractivity contribution >= 4 is 11.8 Å². The zero-order chi connectivity index (χ0) is 11.6. The van der Waals surface area contributed by atoms with Gasteiger partial charge in [0, 0.05) is 6.04 Å². The summed E-state index contributed by atoms with van der Waals surface area (Å²) in [6, 6.07) is 10.3. The van der Waals surface area contributed by atoms with Gasteiger partial charge in [-0.25, -0.2) is 0 Å². The molecule has 2 N–H and O–H groups in total. The molecule has 0 saturated carbocycles. The predicted molar refractivity (Wildman–Crippen MR) is 72.1 cm³/mol. The van der Waals surface area contributed by atoms with Gasteiger partial charge in [0.2, 0.25) is 0 Å². The molecule has 1 aromatic rings. The molecule has 0 saturated heterocycles. The van der Waals surface area contributed by atoms with Crippen LogP contribution in [-0.4, -0.2) is 24.2 Å². The maximum Gasteiger partial charge on any atom is 0.119 e. The predicted octanol–water partition coefficient (Wildman–Crippen LogP) is 2.93. The van der Waals surface area contributed by atoms with Crippen LogP contribution in [0, 0.1) is 0 Å². The van der Waals surface area contributed by atoms with E-state index in [1.165, 1.54) is 0 Å². The van der Waals surface area contributed by atoms with Crippen LogP contribution in [0.2, 0.25) is 0 Å². The Morgan fingerprint density at radius 1 is 1.25 bits per heavy atom. The molecule has 0 aromatic heterocycles. The summed E-state index contributed by atoms with van der Waals surface area (Å²) in [6.07, 6.45) is 2.20. The molecule has 0 aliphatic rings. The van der Waals surface area contributed by atoms with E-state index in [2.05, 4.69) is 6.92 Å². The van der Waals surface area contributed by atoms with Gasteiger partial charge in [-0.2, -0.15) is 11.8 Å². The van der Waals surface area contributed by atoms with Crippen molar-refractivity contribution in [1.29, 1.82) is 0 Å². The molecule has 1 aromatic carbocycles. The standard InChI is InChI=1S/C13H21NOS/c1-12(14)8-11-16-10-5-9-15-13-6-3-2-4-7-13/h2-4,6-7,12H,5,8-11,14H2,1H3. The number of hydrogen-bond acceptors (Lipinski definition) is 3. The molecule has 16 heavy (non-hydrogen) atoms. The van der Waals surface area contributed by atoms with Crippen molar-refractivity contribution in [2.24, 2.45) is 5.73 Å². The van der Waals surface area contributed by atoms with E-state index >= 15 is 0 Å². The average Bonchev–Trinajstić information content (AvgIpc) is 2.29. The molecule has 1 atom stereocenters. The first kappa shape index (κ1) is 13.4. The van der Waals surface area contributed by atoms with E-state index in [0.29, 0.717) is 6.04 Å². The summed E-state index contributed by atoms with van der Waals surface area (Å²) < 4.78 is 5.60. The highest BCUT2D eigenvalue weighted by molar-refractivity contribution is 7.99. The van der Waals surface area contributed by atoms with Crippen LogP contribution in [0.3, 0.4) is 0 Å². The molecule has 0 aliphatic heterocycles. The number of para-hydroxylation sites is 1. The van der Waals surface area contributed by atoms with E-state index in [1.54, 1.807) is 0 Å². The summed E-state index contributed by atoms with van der Waals surface area (Å²) in [6.45, 7) is 2.86. The topological polar surface area (TPSA) is 35.2 Å². The number of thioether (sulfide) groups is 1. The lowest BCUT2D eigenvalue weighted by Gasteiger charge is -2.06. The highest BCUT2D eigenvalue weighted by Crippen LogP contribution is 2.10. The lowest BCUT2D eigenvalue weighted by Crippen LogP contribution is -2.15. The number of hydrogen-bond donors (Lipinski definition) is 1. The smallest absolute Gasteiger partial charge is 0.119 e. The number of nitrogens with two attached hydrogens (primary N) is 1. The van der Waals surface area contributed by atoms with Crippen LogP contribution in [0.25, 0.3) is 0 Å². The molecule has 0 amide bonds. The van der Waals surface area contributed by atoms with Crippen molar-refractivity contribution < 1.29 is 4.74 Å².